The second-order valence-electron chi connectivity index (χ2n) is 2.15. The van der Waals surface area contributed by atoms with E-state index in [1.165, 1.54) is 12.3 Å². The van der Waals surface area contributed by atoms with E-state index in [2.05, 4.69) is 15.0 Å². The van der Waals surface area contributed by atoms with Crippen LogP contribution in [0.4, 0.5) is 0 Å². The number of azide groups is 1. The SMILES string of the molecule is N#Cc1cc(Cl)cnc1CN=[N+]=[N-]. The van der Waals surface area contributed by atoms with Crippen molar-refractivity contribution in [3.8, 4) is 6.07 Å². The molecule has 0 aliphatic carbocycles. The lowest BCUT2D eigenvalue weighted by Crippen LogP contribution is -1.91. The quantitative estimate of drug-likeness (QED) is 0.410. The maximum atomic E-state index is 8.66. The second kappa shape index (κ2) is 4.31. The minimum atomic E-state index is 0.0660. The molecule has 0 aromatic carbocycles. The number of aromatic nitrogens is 1. The normalized spacial score (nSPS) is 8.62. The number of halogens is 1. The molecule has 0 radical (unpaired) electrons. The Morgan fingerprint density at radius 3 is 3.15 bits per heavy atom. The Kier molecular flexibility index (Phi) is 3.09. The van der Waals surface area contributed by atoms with Gasteiger partial charge in [0.05, 0.1) is 22.8 Å². The van der Waals surface area contributed by atoms with Crippen molar-refractivity contribution >= 4 is 11.6 Å². The Labute approximate surface area is 79.2 Å². The number of hydrogen-bond acceptors (Lipinski definition) is 3. The van der Waals surface area contributed by atoms with Crippen LogP contribution in [0.5, 0.6) is 0 Å². The zero-order valence-corrected chi connectivity index (χ0v) is 7.23. The molecule has 1 aromatic heterocycles. The first kappa shape index (κ1) is 9.33. The zero-order chi connectivity index (χ0) is 9.68. The summed E-state index contributed by atoms with van der Waals surface area (Å²) >= 11 is 5.61. The van der Waals surface area contributed by atoms with Crippen molar-refractivity contribution in [3.63, 3.8) is 0 Å². The fourth-order valence-corrected chi connectivity index (χ4v) is 0.947. The van der Waals surface area contributed by atoms with Crippen LogP contribution in [-0.2, 0) is 6.54 Å². The summed E-state index contributed by atoms with van der Waals surface area (Å²) in [5.74, 6) is 0. The first-order valence-corrected chi connectivity index (χ1v) is 3.71. The summed E-state index contributed by atoms with van der Waals surface area (Å²) in [5.41, 5.74) is 8.84. The van der Waals surface area contributed by atoms with Crippen LogP contribution in [-0.4, -0.2) is 4.98 Å². The van der Waals surface area contributed by atoms with Gasteiger partial charge < -0.3 is 0 Å². The molecule has 5 nitrogen and oxygen atoms in total. The fraction of sp³-hybridized carbons (Fsp3) is 0.143. The summed E-state index contributed by atoms with van der Waals surface area (Å²) < 4.78 is 0. The lowest BCUT2D eigenvalue weighted by Gasteiger charge is -1.97. The Morgan fingerprint density at radius 2 is 2.54 bits per heavy atom. The minimum Gasteiger partial charge on any atom is -0.258 e. The van der Waals surface area contributed by atoms with E-state index in [0.717, 1.165) is 0 Å². The van der Waals surface area contributed by atoms with Crippen LogP contribution in [0.3, 0.4) is 0 Å². The summed E-state index contributed by atoms with van der Waals surface area (Å²) in [6, 6.07) is 3.40. The average molecular weight is 194 g/mol. The van der Waals surface area contributed by atoms with Gasteiger partial charge in [-0.05, 0) is 11.6 Å². The van der Waals surface area contributed by atoms with Gasteiger partial charge >= 0.3 is 0 Å². The van der Waals surface area contributed by atoms with Gasteiger partial charge in [-0.25, -0.2) is 0 Å². The van der Waals surface area contributed by atoms with Gasteiger partial charge in [0.15, 0.2) is 0 Å². The Balaban J connectivity index is 3.07. The molecule has 6 heteroatoms. The van der Waals surface area contributed by atoms with E-state index in [1.807, 2.05) is 6.07 Å². The van der Waals surface area contributed by atoms with E-state index in [4.69, 9.17) is 22.4 Å². The van der Waals surface area contributed by atoms with Gasteiger partial charge in [0.25, 0.3) is 0 Å². The van der Waals surface area contributed by atoms with Gasteiger partial charge in [-0.2, -0.15) is 5.26 Å². The fourth-order valence-electron chi connectivity index (χ4n) is 0.789. The molecule has 0 bridgehead atoms. The van der Waals surface area contributed by atoms with Crippen LogP contribution in [0.1, 0.15) is 11.3 Å². The number of hydrogen-bond donors (Lipinski definition) is 0. The molecule has 0 fully saturated rings. The maximum Gasteiger partial charge on any atom is 0.101 e. The zero-order valence-electron chi connectivity index (χ0n) is 6.48. The summed E-state index contributed by atoms with van der Waals surface area (Å²) in [7, 11) is 0. The molecule has 0 saturated carbocycles. The molecule has 13 heavy (non-hydrogen) atoms. The first-order valence-electron chi connectivity index (χ1n) is 3.33. The average Bonchev–Trinajstić information content (AvgIpc) is 2.16. The highest BCUT2D eigenvalue weighted by Gasteiger charge is 2.02. The molecule has 1 aromatic rings. The molecule has 64 valence electrons. The lowest BCUT2D eigenvalue weighted by molar-refractivity contribution is 0.968. The van der Waals surface area contributed by atoms with E-state index < -0.39 is 0 Å². The van der Waals surface area contributed by atoms with Gasteiger partial charge in [0.1, 0.15) is 6.07 Å². The van der Waals surface area contributed by atoms with Crippen LogP contribution in [0.25, 0.3) is 10.4 Å². The van der Waals surface area contributed by atoms with Crippen molar-refractivity contribution < 1.29 is 0 Å². The van der Waals surface area contributed by atoms with Crippen LogP contribution in [0.15, 0.2) is 17.4 Å². The van der Waals surface area contributed by atoms with Crippen molar-refractivity contribution in [3.05, 3.63) is 39.0 Å². The number of rotatable bonds is 2. The topological polar surface area (TPSA) is 85.4 Å². The van der Waals surface area contributed by atoms with E-state index in [1.54, 1.807) is 0 Å². The predicted molar refractivity (Wildman–Crippen MR) is 46.8 cm³/mol. The molecule has 0 spiro atoms. The van der Waals surface area contributed by atoms with Gasteiger partial charge in [0.2, 0.25) is 0 Å². The molecule has 0 saturated heterocycles. The summed E-state index contributed by atoms with van der Waals surface area (Å²) in [5, 5.41) is 12.4. The van der Waals surface area contributed by atoms with E-state index in [0.29, 0.717) is 16.3 Å². The molecule has 0 amide bonds. The number of pyridine rings is 1. The Hall–Kier alpha value is -1.76. The third-order valence-electron chi connectivity index (χ3n) is 1.34. The Bertz CT molecular complexity index is 402. The van der Waals surface area contributed by atoms with Crippen LogP contribution < -0.4 is 0 Å². The van der Waals surface area contributed by atoms with Gasteiger partial charge in [-0.15, -0.1) is 0 Å². The monoisotopic (exact) mass is 193 g/mol. The van der Waals surface area contributed by atoms with Crippen LogP contribution in [0, 0.1) is 11.3 Å². The molecule has 0 aliphatic heterocycles. The molecule has 1 heterocycles. The third-order valence-corrected chi connectivity index (χ3v) is 1.55. The maximum absolute atomic E-state index is 8.66. The van der Waals surface area contributed by atoms with E-state index in [9.17, 15) is 0 Å². The highest BCUT2D eigenvalue weighted by Crippen LogP contribution is 2.12. The largest absolute Gasteiger partial charge is 0.258 e. The van der Waals surface area contributed by atoms with Crippen LogP contribution >= 0.6 is 11.6 Å². The lowest BCUT2D eigenvalue weighted by atomic mass is 10.2. The smallest absolute Gasteiger partial charge is 0.101 e. The summed E-state index contributed by atoms with van der Waals surface area (Å²) in [6.07, 6.45) is 1.41. The summed E-state index contributed by atoms with van der Waals surface area (Å²) in [6.45, 7) is 0.0660. The number of nitriles is 1. The first-order chi connectivity index (χ1) is 6.27. The molecule has 0 atom stereocenters. The second-order valence-corrected chi connectivity index (χ2v) is 2.59. The number of nitrogens with zero attached hydrogens (tertiary/aromatic N) is 5. The van der Waals surface area contributed by atoms with E-state index in [-0.39, 0.29) is 6.54 Å². The van der Waals surface area contributed by atoms with E-state index >= 15 is 0 Å². The molecular weight excluding hydrogens is 190 g/mol. The van der Waals surface area contributed by atoms with Crippen molar-refractivity contribution in [2.75, 3.05) is 0 Å². The van der Waals surface area contributed by atoms with Crippen molar-refractivity contribution in [1.82, 2.24) is 4.98 Å². The highest BCUT2D eigenvalue weighted by atomic mass is 35.5. The Morgan fingerprint density at radius 1 is 1.77 bits per heavy atom. The van der Waals surface area contributed by atoms with Crippen molar-refractivity contribution in [2.45, 2.75) is 6.54 Å². The third kappa shape index (κ3) is 2.34. The molecular formula is C7H4ClN5. The molecule has 1 rings (SSSR count). The summed E-state index contributed by atoms with van der Waals surface area (Å²) in [4.78, 5) is 6.44. The van der Waals surface area contributed by atoms with Gasteiger partial charge in [-0.3, -0.25) is 4.98 Å². The standard InChI is InChI=1S/C7H4ClN5/c8-6-1-5(2-9)7(11-3-6)4-12-13-10/h1,3H,4H2. The minimum absolute atomic E-state index is 0.0660. The predicted octanol–water partition coefficient (Wildman–Crippen LogP) is 2.42. The van der Waals surface area contributed by atoms with Crippen molar-refractivity contribution in [2.24, 2.45) is 5.11 Å². The molecule has 0 N–H and O–H groups in total. The molecule has 0 aliphatic rings. The van der Waals surface area contributed by atoms with Gasteiger partial charge in [0, 0.05) is 11.1 Å². The van der Waals surface area contributed by atoms with Gasteiger partial charge in [-0.1, -0.05) is 16.7 Å². The molecule has 0 unspecified atom stereocenters. The highest BCUT2D eigenvalue weighted by molar-refractivity contribution is 6.30. The van der Waals surface area contributed by atoms with Crippen LogP contribution in [0.2, 0.25) is 5.02 Å². The van der Waals surface area contributed by atoms with Crippen molar-refractivity contribution in [1.29, 1.82) is 5.26 Å².